The lowest BCUT2D eigenvalue weighted by Gasteiger charge is -2.10. The molecule has 0 atom stereocenters. The third-order valence-electron chi connectivity index (χ3n) is 3.37. The van der Waals surface area contributed by atoms with E-state index in [1.54, 1.807) is 18.4 Å². The zero-order valence-electron chi connectivity index (χ0n) is 14.5. The Morgan fingerprint density at radius 3 is 2.74 bits per heavy atom. The molecular formula is C16H28N4O2S. The maximum Gasteiger partial charge on any atom is 0.305 e. The minimum atomic E-state index is -0.139. The van der Waals surface area contributed by atoms with Crippen LogP contribution in [0, 0.1) is 0 Å². The molecule has 1 aromatic heterocycles. The van der Waals surface area contributed by atoms with Crippen molar-refractivity contribution in [3.8, 4) is 0 Å². The smallest absolute Gasteiger partial charge is 0.305 e. The van der Waals surface area contributed by atoms with Crippen LogP contribution in [0.1, 0.15) is 56.2 Å². The molecule has 0 fully saturated rings. The fraction of sp³-hybridized carbons (Fsp3) is 0.688. The van der Waals surface area contributed by atoms with Crippen molar-refractivity contribution < 1.29 is 9.53 Å². The Bertz CT molecular complexity index is 500. The predicted molar refractivity (Wildman–Crippen MR) is 94.9 cm³/mol. The second kappa shape index (κ2) is 11.0. The molecule has 0 aliphatic carbocycles. The van der Waals surface area contributed by atoms with Gasteiger partial charge in [0.25, 0.3) is 0 Å². The molecule has 0 bridgehead atoms. The molecule has 1 heterocycles. The molecule has 2 N–H and O–H groups in total. The SMILES string of the molecule is CN=C(NCCCCCC(=O)OC)NCc1nc(C(C)C)cs1. The van der Waals surface area contributed by atoms with E-state index < -0.39 is 0 Å². The number of aromatic nitrogens is 1. The molecule has 7 heteroatoms. The van der Waals surface area contributed by atoms with Crippen molar-refractivity contribution in [3.05, 3.63) is 16.1 Å². The Labute approximate surface area is 142 Å². The second-order valence-corrected chi connectivity index (χ2v) is 6.50. The normalized spacial score (nSPS) is 11.6. The monoisotopic (exact) mass is 340 g/mol. The lowest BCUT2D eigenvalue weighted by molar-refractivity contribution is -0.140. The maximum atomic E-state index is 11.0. The molecule has 0 saturated heterocycles. The average Bonchev–Trinajstić information content (AvgIpc) is 3.02. The van der Waals surface area contributed by atoms with Gasteiger partial charge in [0, 0.05) is 25.4 Å². The molecule has 0 unspecified atom stereocenters. The van der Waals surface area contributed by atoms with Gasteiger partial charge in [-0.1, -0.05) is 20.3 Å². The van der Waals surface area contributed by atoms with Crippen LogP contribution in [0.3, 0.4) is 0 Å². The van der Waals surface area contributed by atoms with E-state index in [0.29, 0.717) is 18.9 Å². The van der Waals surface area contributed by atoms with E-state index in [2.05, 4.69) is 44.6 Å². The van der Waals surface area contributed by atoms with Gasteiger partial charge in [0.2, 0.25) is 0 Å². The van der Waals surface area contributed by atoms with E-state index in [1.807, 2.05) is 0 Å². The fourth-order valence-electron chi connectivity index (χ4n) is 1.93. The molecular weight excluding hydrogens is 312 g/mol. The summed E-state index contributed by atoms with van der Waals surface area (Å²) in [5, 5.41) is 9.71. The number of carbonyl (C=O) groups is 1. The number of guanidine groups is 1. The van der Waals surface area contributed by atoms with Gasteiger partial charge in [-0.3, -0.25) is 9.79 Å². The van der Waals surface area contributed by atoms with E-state index in [9.17, 15) is 4.79 Å². The number of unbranched alkanes of at least 4 members (excludes halogenated alkanes) is 2. The zero-order chi connectivity index (χ0) is 17.1. The van der Waals surface area contributed by atoms with Crippen LogP contribution >= 0.6 is 11.3 Å². The van der Waals surface area contributed by atoms with E-state index >= 15 is 0 Å². The second-order valence-electron chi connectivity index (χ2n) is 5.56. The van der Waals surface area contributed by atoms with Crippen LogP contribution < -0.4 is 10.6 Å². The summed E-state index contributed by atoms with van der Waals surface area (Å²) in [6.07, 6.45) is 3.33. The Morgan fingerprint density at radius 1 is 1.35 bits per heavy atom. The number of methoxy groups -OCH3 is 1. The molecule has 0 aliphatic heterocycles. The van der Waals surface area contributed by atoms with Gasteiger partial charge in [0.05, 0.1) is 19.3 Å². The van der Waals surface area contributed by atoms with Gasteiger partial charge in [0.15, 0.2) is 5.96 Å². The number of thiazole rings is 1. The van der Waals surface area contributed by atoms with Crippen molar-refractivity contribution in [1.29, 1.82) is 0 Å². The molecule has 0 aromatic carbocycles. The van der Waals surface area contributed by atoms with Gasteiger partial charge in [-0.25, -0.2) is 4.98 Å². The number of hydrogen-bond acceptors (Lipinski definition) is 5. The zero-order valence-corrected chi connectivity index (χ0v) is 15.3. The van der Waals surface area contributed by atoms with Crippen LogP contribution in [-0.4, -0.2) is 37.6 Å². The summed E-state index contributed by atoms with van der Waals surface area (Å²) in [7, 11) is 3.18. The lowest BCUT2D eigenvalue weighted by atomic mass is 10.2. The quantitative estimate of drug-likeness (QED) is 0.313. The fourth-order valence-corrected chi connectivity index (χ4v) is 2.83. The Kier molecular flexibility index (Phi) is 9.28. The summed E-state index contributed by atoms with van der Waals surface area (Å²) in [4.78, 5) is 19.8. The van der Waals surface area contributed by atoms with Gasteiger partial charge < -0.3 is 15.4 Å². The number of nitrogens with zero attached hydrogens (tertiary/aromatic N) is 2. The lowest BCUT2D eigenvalue weighted by Crippen LogP contribution is -2.37. The van der Waals surface area contributed by atoms with Crippen LogP contribution in [0.5, 0.6) is 0 Å². The van der Waals surface area contributed by atoms with E-state index in [0.717, 1.165) is 42.5 Å². The Morgan fingerprint density at radius 2 is 2.13 bits per heavy atom. The van der Waals surface area contributed by atoms with Crippen molar-refractivity contribution in [1.82, 2.24) is 15.6 Å². The third kappa shape index (κ3) is 7.97. The van der Waals surface area contributed by atoms with Gasteiger partial charge in [-0.2, -0.15) is 0 Å². The molecule has 130 valence electrons. The van der Waals surface area contributed by atoms with E-state index in [1.165, 1.54) is 7.11 Å². The third-order valence-corrected chi connectivity index (χ3v) is 4.24. The van der Waals surface area contributed by atoms with Crippen LogP contribution in [0.2, 0.25) is 0 Å². The summed E-state index contributed by atoms with van der Waals surface area (Å²) in [6.45, 7) is 5.80. The predicted octanol–water partition coefficient (Wildman–Crippen LogP) is 2.66. The molecule has 0 aliphatic rings. The highest BCUT2D eigenvalue weighted by atomic mass is 32.1. The average molecular weight is 340 g/mol. The summed E-state index contributed by atoms with van der Waals surface area (Å²) < 4.78 is 4.61. The van der Waals surface area contributed by atoms with Gasteiger partial charge in [-0.05, 0) is 18.8 Å². The van der Waals surface area contributed by atoms with Crippen molar-refractivity contribution in [3.63, 3.8) is 0 Å². The molecule has 0 radical (unpaired) electrons. The first-order valence-corrected chi connectivity index (χ1v) is 8.90. The molecule has 1 aromatic rings. The van der Waals surface area contributed by atoms with Crippen molar-refractivity contribution in [2.45, 2.75) is 52.0 Å². The topological polar surface area (TPSA) is 75.6 Å². The Balaban J connectivity index is 2.18. The van der Waals surface area contributed by atoms with Crippen molar-refractivity contribution in [2.24, 2.45) is 4.99 Å². The molecule has 23 heavy (non-hydrogen) atoms. The number of ether oxygens (including phenoxy) is 1. The van der Waals surface area contributed by atoms with Gasteiger partial charge >= 0.3 is 5.97 Å². The molecule has 0 saturated carbocycles. The highest BCUT2D eigenvalue weighted by Gasteiger charge is 2.06. The molecule has 0 amide bonds. The standard InChI is InChI=1S/C16H28N4O2S/c1-12(2)13-11-23-14(20-13)10-19-16(17-3)18-9-7-5-6-8-15(21)22-4/h11-12H,5-10H2,1-4H3,(H2,17,18,19). The van der Waals surface area contributed by atoms with Crippen molar-refractivity contribution in [2.75, 3.05) is 20.7 Å². The minimum Gasteiger partial charge on any atom is -0.469 e. The summed E-state index contributed by atoms with van der Waals surface area (Å²) >= 11 is 1.67. The van der Waals surface area contributed by atoms with Gasteiger partial charge in [0.1, 0.15) is 5.01 Å². The number of nitrogens with one attached hydrogen (secondary N) is 2. The molecule has 6 nitrogen and oxygen atoms in total. The van der Waals surface area contributed by atoms with E-state index in [4.69, 9.17) is 0 Å². The first kappa shape index (κ1) is 19.4. The molecule has 1 rings (SSSR count). The number of esters is 1. The van der Waals surface area contributed by atoms with Crippen LogP contribution in [0.4, 0.5) is 0 Å². The first-order chi connectivity index (χ1) is 11.1. The van der Waals surface area contributed by atoms with E-state index in [-0.39, 0.29) is 5.97 Å². The summed E-state index contributed by atoms with van der Waals surface area (Å²) in [5.41, 5.74) is 1.14. The first-order valence-electron chi connectivity index (χ1n) is 8.02. The van der Waals surface area contributed by atoms with Crippen LogP contribution in [0.25, 0.3) is 0 Å². The highest BCUT2D eigenvalue weighted by molar-refractivity contribution is 7.09. The van der Waals surface area contributed by atoms with Crippen LogP contribution in [0.15, 0.2) is 10.4 Å². The largest absolute Gasteiger partial charge is 0.469 e. The van der Waals surface area contributed by atoms with Gasteiger partial charge in [-0.15, -0.1) is 11.3 Å². The number of hydrogen-bond donors (Lipinski definition) is 2. The van der Waals surface area contributed by atoms with Crippen LogP contribution in [-0.2, 0) is 16.1 Å². The highest BCUT2D eigenvalue weighted by Crippen LogP contribution is 2.17. The summed E-state index contributed by atoms with van der Waals surface area (Å²) in [5.74, 6) is 1.10. The maximum absolute atomic E-state index is 11.0. The molecule has 0 spiro atoms. The number of carbonyl (C=O) groups excluding carboxylic acids is 1. The number of rotatable bonds is 9. The van der Waals surface area contributed by atoms with Crippen molar-refractivity contribution >= 4 is 23.3 Å². The minimum absolute atomic E-state index is 0.139. The summed E-state index contributed by atoms with van der Waals surface area (Å²) in [6, 6.07) is 0. The number of aliphatic imine (C=N–C) groups is 1. The Hall–Kier alpha value is -1.63.